The number of carbonyl (C=O) groups is 1. The van der Waals surface area contributed by atoms with E-state index in [2.05, 4.69) is 20.3 Å². The van der Waals surface area contributed by atoms with Crippen molar-refractivity contribution in [3.8, 4) is 0 Å². The van der Waals surface area contributed by atoms with Crippen molar-refractivity contribution in [2.45, 2.75) is 13.0 Å². The summed E-state index contributed by atoms with van der Waals surface area (Å²) in [6.07, 6.45) is 2.33. The first-order chi connectivity index (χ1) is 14.0. The van der Waals surface area contributed by atoms with Gasteiger partial charge in [0.05, 0.1) is 22.1 Å². The first-order valence-corrected chi connectivity index (χ1v) is 10.7. The summed E-state index contributed by atoms with van der Waals surface area (Å²) in [6.45, 7) is 1.27. The Balaban J connectivity index is 1.52. The van der Waals surface area contributed by atoms with Gasteiger partial charge in [0.2, 0.25) is 0 Å². The number of nitrogens with one attached hydrogen (secondary N) is 2. The van der Waals surface area contributed by atoms with Crippen molar-refractivity contribution >= 4 is 60.6 Å². The Kier molecular flexibility index (Phi) is 4.25. The minimum absolute atomic E-state index is 0.0244. The summed E-state index contributed by atoms with van der Waals surface area (Å²) in [6, 6.07) is 5.79. The maximum absolute atomic E-state index is 12.3. The lowest BCUT2D eigenvalue weighted by atomic mass is 10.1. The van der Waals surface area contributed by atoms with E-state index >= 15 is 0 Å². The molecule has 0 saturated carbocycles. The molecule has 2 amide bonds. The Morgan fingerprint density at radius 2 is 2.14 bits per heavy atom. The maximum atomic E-state index is 12.3. The Labute approximate surface area is 173 Å². The van der Waals surface area contributed by atoms with Gasteiger partial charge in [0.15, 0.2) is 0 Å². The van der Waals surface area contributed by atoms with Crippen molar-refractivity contribution in [3.63, 3.8) is 0 Å². The smallest absolute Gasteiger partial charge is 0.319 e. The molecule has 4 aromatic rings. The first kappa shape index (κ1) is 18.1. The third-order valence-corrected chi connectivity index (χ3v) is 6.94. The molecular weight excluding hydrogens is 408 g/mol. The van der Waals surface area contributed by atoms with E-state index in [0.29, 0.717) is 13.1 Å². The number of thiophene rings is 1. The van der Waals surface area contributed by atoms with Crippen LogP contribution in [0, 0.1) is 0 Å². The molecule has 0 radical (unpaired) electrons. The number of hydrogen-bond acceptors (Lipinski definition) is 7. The zero-order valence-electron chi connectivity index (χ0n) is 15.9. The molecule has 1 aliphatic heterocycles. The number of aromatic nitrogens is 3. The summed E-state index contributed by atoms with van der Waals surface area (Å²) >= 11 is 2.80. The highest BCUT2D eigenvalue weighted by Gasteiger charge is 2.27. The number of carbonyl (C=O) groups excluding carboxylic acids is 1. The second-order valence-corrected chi connectivity index (χ2v) is 9.20. The van der Waals surface area contributed by atoms with Gasteiger partial charge in [0, 0.05) is 31.2 Å². The van der Waals surface area contributed by atoms with E-state index in [0.717, 1.165) is 43.2 Å². The number of amides is 2. The van der Waals surface area contributed by atoms with Crippen LogP contribution in [-0.2, 0) is 13.0 Å². The monoisotopic (exact) mass is 426 g/mol. The summed E-state index contributed by atoms with van der Waals surface area (Å²) in [5.74, 6) is 0.752. The largest absolute Gasteiger partial charge is 0.340 e. The number of benzene rings is 1. The van der Waals surface area contributed by atoms with Gasteiger partial charge in [-0.15, -0.1) is 11.3 Å². The number of anilines is 2. The topological polar surface area (TPSA) is 94.2 Å². The summed E-state index contributed by atoms with van der Waals surface area (Å²) in [4.78, 5) is 41.1. The molecule has 0 saturated heterocycles. The van der Waals surface area contributed by atoms with E-state index < -0.39 is 0 Å². The van der Waals surface area contributed by atoms with Gasteiger partial charge in [-0.25, -0.2) is 14.8 Å². The molecule has 0 bridgehead atoms. The molecule has 0 unspecified atom stereocenters. The average Bonchev–Trinajstić information content (AvgIpc) is 3.26. The van der Waals surface area contributed by atoms with Gasteiger partial charge in [0.1, 0.15) is 17.0 Å². The second kappa shape index (κ2) is 6.82. The molecule has 0 fully saturated rings. The summed E-state index contributed by atoms with van der Waals surface area (Å²) in [5, 5.41) is 4.41. The van der Waals surface area contributed by atoms with E-state index in [1.165, 1.54) is 16.9 Å². The van der Waals surface area contributed by atoms with E-state index in [1.807, 2.05) is 23.1 Å². The molecule has 10 heteroatoms. The zero-order valence-corrected chi connectivity index (χ0v) is 17.5. The van der Waals surface area contributed by atoms with Crippen molar-refractivity contribution in [1.82, 2.24) is 24.8 Å². The van der Waals surface area contributed by atoms with Gasteiger partial charge in [-0.1, -0.05) is 11.3 Å². The molecule has 2 N–H and O–H groups in total. The quantitative estimate of drug-likeness (QED) is 0.512. The van der Waals surface area contributed by atoms with E-state index in [4.69, 9.17) is 0 Å². The minimum atomic E-state index is -0.0645. The van der Waals surface area contributed by atoms with Crippen molar-refractivity contribution in [2.75, 3.05) is 26.0 Å². The molecule has 1 aliphatic rings. The van der Waals surface area contributed by atoms with Crippen molar-refractivity contribution in [3.05, 3.63) is 44.6 Å². The number of rotatable bonds is 2. The fourth-order valence-corrected chi connectivity index (χ4v) is 5.61. The SMILES string of the molecule is CN(C)C(=O)N1CCc2c(sc3ncnc(Nc4ccc5[nH]c(=O)sc5c4)c23)C1. The van der Waals surface area contributed by atoms with Crippen LogP contribution in [0.5, 0.6) is 0 Å². The molecule has 3 aromatic heterocycles. The van der Waals surface area contributed by atoms with Gasteiger partial charge in [0.25, 0.3) is 0 Å². The Bertz CT molecular complexity index is 1310. The fourth-order valence-electron chi connectivity index (χ4n) is 3.63. The lowest BCUT2D eigenvalue weighted by Crippen LogP contribution is -2.41. The average molecular weight is 427 g/mol. The number of fused-ring (bicyclic) bond motifs is 4. The van der Waals surface area contributed by atoms with Gasteiger partial charge in [-0.2, -0.15) is 0 Å². The highest BCUT2D eigenvalue weighted by Crippen LogP contribution is 2.38. The number of nitrogens with zero attached hydrogens (tertiary/aromatic N) is 4. The lowest BCUT2D eigenvalue weighted by Gasteiger charge is -2.29. The Morgan fingerprint density at radius 1 is 1.28 bits per heavy atom. The van der Waals surface area contributed by atoms with Crippen LogP contribution in [0.4, 0.5) is 16.3 Å². The summed E-state index contributed by atoms with van der Waals surface area (Å²) in [7, 11) is 3.54. The van der Waals surface area contributed by atoms with Crippen LogP contribution in [0.25, 0.3) is 20.4 Å². The Morgan fingerprint density at radius 3 is 2.97 bits per heavy atom. The first-order valence-electron chi connectivity index (χ1n) is 9.11. The van der Waals surface area contributed by atoms with Gasteiger partial charge >= 0.3 is 10.9 Å². The zero-order chi connectivity index (χ0) is 20.1. The van der Waals surface area contributed by atoms with Crippen LogP contribution in [0.2, 0.25) is 0 Å². The van der Waals surface area contributed by atoms with Crippen molar-refractivity contribution < 1.29 is 4.79 Å². The molecule has 29 heavy (non-hydrogen) atoms. The van der Waals surface area contributed by atoms with Crippen molar-refractivity contribution in [1.29, 1.82) is 0 Å². The maximum Gasteiger partial charge on any atom is 0.319 e. The highest BCUT2D eigenvalue weighted by atomic mass is 32.1. The third kappa shape index (κ3) is 3.14. The molecule has 1 aromatic carbocycles. The van der Waals surface area contributed by atoms with Crippen LogP contribution < -0.4 is 10.2 Å². The molecule has 0 spiro atoms. The molecular formula is C19H18N6O2S2. The van der Waals surface area contributed by atoms with Crippen LogP contribution in [0.15, 0.2) is 29.3 Å². The molecule has 4 heterocycles. The molecule has 148 valence electrons. The number of aromatic amines is 1. The predicted molar refractivity (Wildman–Crippen MR) is 116 cm³/mol. The Hall–Kier alpha value is -2.98. The number of urea groups is 1. The fraction of sp³-hybridized carbons (Fsp3) is 0.263. The van der Waals surface area contributed by atoms with E-state index in [1.54, 1.807) is 36.7 Å². The second-order valence-electron chi connectivity index (χ2n) is 7.11. The standard InChI is InChI=1S/C19H18N6O2S2/c1-24(2)19(27)25-6-5-11-14(8-25)28-17-15(11)16(20-9-21-17)22-10-3-4-12-13(7-10)29-18(26)23-12/h3-4,7,9H,5-6,8H2,1-2H3,(H,23,26)(H,20,21,22). The highest BCUT2D eigenvalue weighted by molar-refractivity contribution is 7.19. The van der Waals surface area contributed by atoms with Gasteiger partial charge in [-0.3, -0.25) is 4.79 Å². The molecule has 0 aliphatic carbocycles. The van der Waals surface area contributed by atoms with Crippen LogP contribution in [-0.4, -0.2) is 51.4 Å². The predicted octanol–water partition coefficient (Wildman–Crippen LogP) is 3.38. The molecule has 0 atom stereocenters. The van der Waals surface area contributed by atoms with Crippen LogP contribution in [0.3, 0.4) is 0 Å². The van der Waals surface area contributed by atoms with Gasteiger partial charge < -0.3 is 20.1 Å². The number of thiazole rings is 1. The van der Waals surface area contributed by atoms with E-state index in [9.17, 15) is 9.59 Å². The minimum Gasteiger partial charge on any atom is -0.340 e. The lowest BCUT2D eigenvalue weighted by molar-refractivity contribution is 0.166. The summed E-state index contributed by atoms with van der Waals surface area (Å²) < 4.78 is 0.899. The number of H-pyrrole nitrogens is 1. The van der Waals surface area contributed by atoms with Crippen LogP contribution in [0.1, 0.15) is 10.4 Å². The van der Waals surface area contributed by atoms with E-state index in [-0.39, 0.29) is 10.9 Å². The molecule has 8 nitrogen and oxygen atoms in total. The molecule has 5 rings (SSSR count). The van der Waals surface area contributed by atoms with Gasteiger partial charge in [-0.05, 0) is 30.2 Å². The number of hydrogen-bond donors (Lipinski definition) is 2. The van der Waals surface area contributed by atoms with Crippen LogP contribution >= 0.6 is 22.7 Å². The summed E-state index contributed by atoms with van der Waals surface area (Å²) in [5.41, 5.74) is 2.91. The van der Waals surface area contributed by atoms with Crippen molar-refractivity contribution in [2.24, 2.45) is 0 Å². The third-order valence-electron chi connectivity index (χ3n) is 4.97. The normalized spacial score (nSPS) is 13.7.